The van der Waals surface area contributed by atoms with Gasteiger partial charge in [-0.05, 0) is 26.0 Å². The van der Waals surface area contributed by atoms with Crippen LogP contribution in [0.3, 0.4) is 0 Å². The minimum atomic E-state index is -0.739. The molecular formula is C13H15N3O2. The Morgan fingerprint density at radius 3 is 3.11 bits per heavy atom. The average molecular weight is 245 g/mol. The Labute approximate surface area is 106 Å². The fraction of sp³-hybridized carbons (Fsp3) is 0.462. The van der Waals surface area contributed by atoms with E-state index in [0.29, 0.717) is 18.7 Å². The number of carboxylic acid groups (broad SMARTS) is 1. The third kappa shape index (κ3) is 2.34. The molecule has 2 heterocycles. The van der Waals surface area contributed by atoms with Gasteiger partial charge in [-0.1, -0.05) is 6.07 Å². The molecule has 1 aliphatic heterocycles. The second-order valence-electron chi connectivity index (χ2n) is 4.57. The van der Waals surface area contributed by atoms with Crippen molar-refractivity contribution >= 4 is 5.97 Å². The van der Waals surface area contributed by atoms with Crippen LogP contribution in [0.15, 0.2) is 18.3 Å². The van der Waals surface area contributed by atoms with Crippen LogP contribution in [0.4, 0.5) is 0 Å². The summed E-state index contributed by atoms with van der Waals surface area (Å²) in [5, 5.41) is 18.1. The molecule has 5 nitrogen and oxygen atoms in total. The van der Waals surface area contributed by atoms with Crippen LogP contribution >= 0.6 is 0 Å². The Hall–Kier alpha value is -1.93. The lowest BCUT2D eigenvalue weighted by Gasteiger charge is -2.23. The third-order valence-electron chi connectivity index (χ3n) is 3.57. The fourth-order valence-corrected chi connectivity index (χ4v) is 2.44. The molecule has 0 bridgehead atoms. The maximum absolute atomic E-state index is 11.0. The van der Waals surface area contributed by atoms with Crippen LogP contribution in [0.1, 0.15) is 24.6 Å². The van der Waals surface area contributed by atoms with E-state index in [2.05, 4.69) is 16.0 Å². The minimum absolute atomic E-state index is 0.00533. The summed E-state index contributed by atoms with van der Waals surface area (Å²) in [5.41, 5.74) is 1.28. The molecule has 1 N–H and O–H groups in total. The molecule has 0 aromatic carbocycles. The number of nitriles is 1. The van der Waals surface area contributed by atoms with Crippen molar-refractivity contribution in [3.8, 4) is 6.07 Å². The first-order chi connectivity index (χ1) is 8.63. The van der Waals surface area contributed by atoms with Gasteiger partial charge in [0.25, 0.3) is 0 Å². The molecule has 94 valence electrons. The lowest BCUT2D eigenvalue weighted by atomic mass is 10.0. The Bertz CT molecular complexity index is 495. The highest BCUT2D eigenvalue weighted by Crippen LogP contribution is 2.26. The summed E-state index contributed by atoms with van der Waals surface area (Å²) >= 11 is 0. The number of nitrogens with zero attached hydrogens (tertiary/aromatic N) is 3. The SMILES string of the molecule is CC1C(C(=O)O)CCN1Cc1cccnc1C#N. The second kappa shape index (κ2) is 5.15. The predicted octanol–water partition coefficient (Wildman–Crippen LogP) is 1.25. The van der Waals surface area contributed by atoms with Gasteiger partial charge < -0.3 is 5.11 Å². The third-order valence-corrected chi connectivity index (χ3v) is 3.57. The smallest absolute Gasteiger partial charge is 0.308 e. The molecule has 18 heavy (non-hydrogen) atoms. The lowest BCUT2D eigenvalue weighted by molar-refractivity contribution is -0.142. The van der Waals surface area contributed by atoms with E-state index in [4.69, 9.17) is 10.4 Å². The summed E-state index contributed by atoms with van der Waals surface area (Å²) in [6, 6.07) is 5.72. The van der Waals surface area contributed by atoms with Crippen LogP contribution in [-0.4, -0.2) is 33.5 Å². The van der Waals surface area contributed by atoms with Crippen molar-refractivity contribution in [3.63, 3.8) is 0 Å². The zero-order chi connectivity index (χ0) is 13.1. The maximum Gasteiger partial charge on any atom is 0.308 e. The van der Waals surface area contributed by atoms with Crippen molar-refractivity contribution < 1.29 is 9.90 Å². The molecule has 0 aliphatic carbocycles. The van der Waals surface area contributed by atoms with E-state index in [1.54, 1.807) is 12.3 Å². The number of carboxylic acids is 1. The Kier molecular flexibility index (Phi) is 3.58. The highest BCUT2D eigenvalue weighted by molar-refractivity contribution is 5.71. The van der Waals surface area contributed by atoms with Gasteiger partial charge in [0.05, 0.1) is 5.92 Å². The standard InChI is InChI=1S/C13H15N3O2/c1-9-11(13(17)18)4-6-16(9)8-10-3-2-5-15-12(10)7-14/h2-3,5,9,11H,4,6,8H2,1H3,(H,17,18). The Balaban J connectivity index is 2.12. The molecule has 5 heteroatoms. The van der Waals surface area contributed by atoms with E-state index in [-0.39, 0.29) is 12.0 Å². The van der Waals surface area contributed by atoms with E-state index in [0.717, 1.165) is 12.1 Å². The first kappa shape index (κ1) is 12.5. The molecule has 2 unspecified atom stereocenters. The molecule has 0 spiro atoms. The number of aliphatic carboxylic acids is 1. The van der Waals surface area contributed by atoms with E-state index in [9.17, 15) is 4.79 Å². The van der Waals surface area contributed by atoms with E-state index < -0.39 is 5.97 Å². The Morgan fingerprint density at radius 1 is 1.72 bits per heavy atom. The van der Waals surface area contributed by atoms with Crippen LogP contribution in [0, 0.1) is 17.2 Å². The van der Waals surface area contributed by atoms with Gasteiger partial charge >= 0.3 is 5.97 Å². The monoisotopic (exact) mass is 245 g/mol. The molecule has 1 saturated heterocycles. The van der Waals surface area contributed by atoms with Gasteiger partial charge in [0.2, 0.25) is 0 Å². The van der Waals surface area contributed by atoms with E-state index in [1.807, 2.05) is 13.0 Å². The number of likely N-dealkylation sites (tertiary alicyclic amines) is 1. The van der Waals surface area contributed by atoms with Crippen molar-refractivity contribution in [2.75, 3.05) is 6.54 Å². The van der Waals surface area contributed by atoms with Crippen LogP contribution in [0.5, 0.6) is 0 Å². The zero-order valence-electron chi connectivity index (χ0n) is 10.2. The summed E-state index contributed by atoms with van der Waals surface area (Å²) in [5.74, 6) is -1.05. The van der Waals surface area contributed by atoms with Gasteiger partial charge in [0, 0.05) is 24.3 Å². The van der Waals surface area contributed by atoms with Gasteiger partial charge in [0.15, 0.2) is 0 Å². The van der Waals surface area contributed by atoms with Crippen LogP contribution in [0.2, 0.25) is 0 Å². The summed E-state index contributed by atoms with van der Waals surface area (Å²) in [7, 11) is 0. The number of hydrogen-bond acceptors (Lipinski definition) is 4. The minimum Gasteiger partial charge on any atom is -0.481 e. The van der Waals surface area contributed by atoms with Gasteiger partial charge in [-0.15, -0.1) is 0 Å². The molecule has 0 amide bonds. The number of pyridine rings is 1. The number of rotatable bonds is 3. The highest BCUT2D eigenvalue weighted by atomic mass is 16.4. The zero-order valence-corrected chi connectivity index (χ0v) is 10.2. The van der Waals surface area contributed by atoms with E-state index >= 15 is 0 Å². The molecule has 2 rings (SSSR count). The topological polar surface area (TPSA) is 77.2 Å². The van der Waals surface area contributed by atoms with Crippen molar-refractivity contribution in [3.05, 3.63) is 29.6 Å². The number of hydrogen-bond donors (Lipinski definition) is 1. The summed E-state index contributed by atoms with van der Waals surface area (Å²) in [6.45, 7) is 3.26. The molecule has 1 aromatic rings. The van der Waals surface area contributed by atoms with Crippen molar-refractivity contribution in [1.29, 1.82) is 5.26 Å². The lowest BCUT2D eigenvalue weighted by Crippen LogP contribution is -2.32. The molecular weight excluding hydrogens is 230 g/mol. The summed E-state index contributed by atoms with van der Waals surface area (Å²) in [6.07, 6.45) is 2.26. The van der Waals surface area contributed by atoms with Gasteiger partial charge in [-0.25, -0.2) is 4.98 Å². The maximum atomic E-state index is 11.0. The fourth-order valence-electron chi connectivity index (χ4n) is 2.44. The molecule has 0 radical (unpaired) electrons. The number of carbonyl (C=O) groups is 1. The molecule has 2 atom stereocenters. The second-order valence-corrected chi connectivity index (χ2v) is 4.57. The molecule has 1 aliphatic rings. The van der Waals surface area contributed by atoms with E-state index in [1.165, 1.54) is 0 Å². The average Bonchev–Trinajstić information content (AvgIpc) is 2.72. The first-order valence-corrected chi connectivity index (χ1v) is 5.94. The molecule has 1 fully saturated rings. The largest absolute Gasteiger partial charge is 0.481 e. The molecule has 0 saturated carbocycles. The highest BCUT2D eigenvalue weighted by Gasteiger charge is 2.35. The van der Waals surface area contributed by atoms with Crippen LogP contribution in [0.25, 0.3) is 0 Å². The summed E-state index contributed by atoms with van der Waals surface area (Å²) in [4.78, 5) is 17.1. The summed E-state index contributed by atoms with van der Waals surface area (Å²) < 4.78 is 0. The normalized spacial score (nSPS) is 23.8. The quantitative estimate of drug-likeness (QED) is 0.867. The molecule has 1 aromatic heterocycles. The van der Waals surface area contributed by atoms with Gasteiger partial charge in [-0.2, -0.15) is 5.26 Å². The van der Waals surface area contributed by atoms with Crippen LogP contribution in [-0.2, 0) is 11.3 Å². The van der Waals surface area contributed by atoms with Crippen molar-refractivity contribution in [2.45, 2.75) is 25.9 Å². The van der Waals surface area contributed by atoms with Gasteiger partial charge in [0.1, 0.15) is 11.8 Å². The first-order valence-electron chi connectivity index (χ1n) is 5.94. The van der Waals surface area contributed by atoms with Crippen LogP contribution < -0.4 is 0 Å². The Morgan fingerprint density at radius 2 is 2.50 bits per heavy atom. The number of aromatic nitrogens is 1. The van der Waals surface area contributed by atoms with Crippen molar-refractivity contribution in [1.82, 2.24) is 9.88 Å². The van der Waals surface area contributed by atoms with Gasteiger partial charge in [-0.3, -0.25) is 9.69 Å². The predicted molar refractivity (Wildman–Crippen MR) is 64.6 cm³/mol. The van der Waals surface area contributed by atoms with Crippen molar-refractivity contribution in [2.24, 2.45) is 5.92 Å².